The van der Waals surface area contributed by atoms with Crippen molar-refractivity contribution < 1.29 is 9.90 Å². The van der Waals surface area contributed by atoms with Gasteiger partial charge in [0.15, 0.2) is 0 Å². The highest BCUT2D eigenvalue weighted by Gasteiger charge is 2.42. The maximum Gasteiger partial charge on any atom is 0.254 e. The van der Waals surface area contributed by atoms with Gasteiger partial charge in [0.1, 0.15) is 0 Å². The lowest BCUT2D eigenvalue weighted by Gasteiger charge is -2.47. The summed E-state index contributed by atoms with van der Waals surface area (Å²) in [4.78, 5) is 18.7. The number of aliphatic hydroxyl groups excluding tert-OH is 1. The molecule has 1 aliphatic carbocycles. The normalized spacial score (nSPS) is 23.4. The molecule has 1 aliphatic heterocycles. The standard InChI is InChI=1S/C24H29N3O2/c1-2-27(24(29)20-11-13-25-14-12-20)15-21-23(22(16-28)26-21)19-9-7-18(8-10-19)17-5-3-4-6-17/h5,7-14,21-23,26,28H,2-4,6,15-16H2,1H3/t21-,22-,23-/m0/s1. The Kier molecular flexibility index (Phi) is 6.07. The molecule has 1 amide bonds. The van der Waals surface area contributed by atoms with Gasteiger partial charge in [-0.05, 0) is 55.0 Å². The number of benzene rings is 1. The first-order valence-electron chi connectivity index (χ1n) is 10.6. The van der Waals surface area contributed by atoms with Gasteiger partial charge < -0.3 is 15.3 Å². The van der Waals surface area contributed by atoms with Crippen molar-refractivity contribution in [3.63, 3.8) is 0 Å². The Morgan fingerprint density at radius 2 is 1.93 bits per heavy atom. The number of hydrogen-bond acceptors (Lipinski definition) is 4. The number of allylic oxidation sites excluding steroid dienone is 2. The Balaban J connectivity index is 1.48. The second kappa shape index (κ2) is 8.89. The maximum atomic E-state index is 12.9. The third kappa shape index (κ3) is 4.11. The second-order valence-corrected chi connectivity index (χ2v) is 7.91. The minimum atomic E-state index is 0.0198. The summed E-state index contributed by atoms with van der Waals surface area (Å²) in [5.41, 5.74) is 4.63. The molecule has 152 valence electrons. The van der Waals surface area contributed by atoms with Crippen molar-refractivity contribution in [2.24, 2.45) is 0 Å². The van der Waals surface area contributed by atoms with Crippen molar-refractivity contribution in [2.75, 3.05) is 19.7 Å². The predicted octanol–water partition coefficient (Wildman–Crippen LogP) is 3.23. The van der Waals surface area contributed by atoms with Gasteiger partial charge in [0.05, 0.1) is 6.61 Å². The molecule has 0 spiro atoms. The number of hydrogen-bond donors (Lipinski definition) is 2. The molecule has 5 nitrogen and oxygen atoms in total. The lowest BCUT2D eigenvalue weighted by atomic mass is 9.77. The van der Waals surface area contributed by atoms with E-state index in [1.165, 1.54) is 29.5 Å². The first-order chi connectivity index (χ1) is 14.2. The fourth-order valence-electron chi connectivity index (χ4n) is 4.56. The van der Waals surface area contributed by atoms with Crippen LogP contribution in [0.2, 0.25) is 0 Å². The van der Waals surface area contributed by atoms with Crippen LogP contribution in [0.5, 0.6) is 0 Å². The molecule has 0 saturated carbocycles. The smallest absolute Gasteiger partial charge is 0.254 e. The molecule has 0 unspecified atom stereocenters. The molecular formula is C24H29N3O2. The van der Waals surface area contributed by atoms with Crippen LogP contribution < -0.4 is 5.32 Å². The van der Waals surface area contributed by atoms with E-state index in [-0.39, 0.29) is 30.5 Å². The lowest BCUT2D eigenvalue weighted by molar-refractivity contribution is 0.0641. The number of likely N-dealkylation sites (N-methyl/N-ethyl adjacent to an activating group) is 1. The van der Waals surface area contributed by atoms with Crippen molar-refractivity contribution in [3.05, 3.63) is 71.6 Å². The van der Waals surface area contributed by atoms with Gasteiger partial charge >= 0.3 is 0 Å². The summed E-state index contributed by atoms with van der Waals surface area (Å²) >= 11 is 0. The Bertz CT molecular complexity index is 863. The van der Waals surface area contributed by atoms with Crippen LogP contribution in [0.15, 0.2) is 54.9 Å². The molecule has 3 atom stereocenters. The summed E-state index contributed by atoms with van der Waals surface area (Å²) in [6.07, 6.45) is 9.22. The number of rotatable bonds is 7. The van der Waals surface area contributed by atoms with Crippen LogP contribution in [0.1, 0.15) is 53.6 Å². The average Bonchev–Trinajstić information content (AvgIpc) is 3.29. The van der Waals surface area contributed by atoms with E-state index in [0.717, 1.165) is 6.42 Å². The molecule has 2 aromatic rings. The Morgan fingerprint density at radius 1 is 1.17 bits per heavy atom. The van der Waals surface area contributed by atoms with Crippen LogP contribution in [0, 0.1) is 0 Å². The SMILES string of the molecule is CCN(C[C@@H]1N[C@@H](CO)[C@H]1c1ccc(C2=CCCC2)cc1)C(=O)c1ccncc1. The average molecular weight is 392 g/mol. The third-order valence-electron chi connectivity index (χ3n) is 6.21. The van der Waals surface area contributed by atoms with Gasteiger partial charge in [-0.1, -0.05) is 30.3 Å². The van der Waals surface area contributed by atoms with E-state index in [4.69, 9.17) is 0 Å². The zero-order valence-electron chi connectivity index (χ0n) is 16.9. The molecule has 4 rings (SSSR count). The molecular weight excluding hydrogens is 362 g/mol. The third-order valence-corrected chi connectivity index (χ3v) is 6.21. The highest BCUT2D eigenvalue weighted by atomic mass is 16.3. The van der Waals surface area contributed by atoms with Gasteiger partial charge in [0, 0.05) is 49.0 Å². The maximum absolute atomic E-state index is 12.9. The molecule has 0 radical (unpaired) electrons. The van der Waals surface area contributed by atoms with Crippen LogP contribution in [-0.4, -0.2) is 52.7 Å². The fourth-order valence-corrected chi connectivity index (χ4v) is 4.56. The van der Waals surface area contributed by atoms with Crippen molar-refractivity contribution in [1.29, 1.82) is 0 Å². The highest BCUT2D eigenvalue weighted by molar-refractivity contribution is 5.94. The Labute approximate surface area is 172 Å². The highest BCUT2D eigenvalue weighted by Crippen LogP contribution is 2.34. The number of carbonyl (C=O) groups is 1. The minimum Gasteiger partial charge on any atom is -0.395 e. The van der Waals surface area contributed by atoms with E-state index in [2.05, 4.69) is 40.6 Å². The van der Waals surface area contributed by atoms with E-state index in [9.17, 15) is 9.90 Å². The summed E-state index contributed by atoms with van der Waals surface area (Å²) in [5, 5.41) is 13.2. The Hall–Kier alpha value is -2.50. The summed E-state index contributed by atoms with van der Waals surface area (Å²) in [6, 6.07) is 12.5. The number of nitrogens with one attached hydrogen (secondary N) is 1. The Morgan fingerprint density at radius 3 is 2.55 bits per heavy atom. The second-order valence-electron chi connectivity index (χ2n) is 7.91. The number of amides is 1. The minimum absolute atomic E-state index is 0.0198. The molecule has 2 aliphatic rings. The number of aromatic nitrogens is 1. The van der Waals surface area contributed by atoms with Gasteiger partial charge in [-0.25, -0.2) is 0 Å². The van der Waals surface area contributed by atoms with Crippen molar-refractivity contribution in [1.82, 2.24) is 15.2 Å². The molecule has 1 aromatic heterocycles. The molecule has 1 saturated heterocycles. The van der Waals surface area contributed by atoms with Crippen LogP contribution in [0.25, 0.3) is 5.57 Å². The van der Waals surface area contributed by atoms with Crippen LogP contribution in [-0.2, 0) is 0 Å². The molecule has 1 fully saturated rings. The van der Waals surface area contributed by atoms with Crippen LogP contribution in [0.4, 0.5) is 0 Å². The van der Waals surface area contributed by atoms with Gasteiger partial charge in [0.25, 0.3) is 5.91 Å². The number of nitrogens with zero attached hydrogens (tertiary/aromatic N) is 2. The van der Waals surface area contributed by atoms with Crippen LogP contribution in [0.3, 0.4) is 0 Å². The van der Waals surface area contributed by atoms with E-state index in [1.54, 1.807) is 24.5 Å². The van der Waals surface area contributed by atoms with Gasteiger partial charge in [-0.15, -0.1) is 0 Å². The molecule has 0 bridgehead atoms. The summed E-state index contributed by atoms with van der Waals surface area (Å²) < 4.78 is 0. The van der Waals surface area contributed by atoms with Gasteiger partial charge in [0.2, 0.25) is 0 Å². The first-order valence-corrected chi connectivity index (χ1v) is 10.6. The monoisotopic (exact) mass is 391 g/mol. The molecule has 5 heteroatoms. The van der Waals surface area contributed by atoms with Crippen molar-refractivity contribution in [3.8, 4) is 0 Å². The fraction of sp³-hybridized carbons (Fsp3) is 0.417. The van der Waals surface area contributed by atoms with E-state index < -0.39 is 0 Å². The number of carbonyl (C=O) groups excluding carboxylic acids is 1. The molecule has 2 heterocycles. The zero-order chi connectivity index (χ0) is 20.2. The van der Waals surface area contributed by atoms with Gasteiger partial charge in [-0.2, -0.15) is 0 Å². The summed E-state index contributed by atoms with van der Waals surface area (Å²) in [6.45, 7) is 3.35. The summed E-state index contributed by atoms with van der Waals surface area (Å²) in [7, 11) is 0. The van der Waals surface area contributed by atoms with E-state index in [0.29, 0.717) is 18.7 Å². The topological polar surface area (TPSA) is 65.5 Å². The van der Waals surface area contributed by atoms with Gasteiger partial charge in [-0.3, -0.25) is 9.78 Å². The molecule has 1 aromatic carbocycles. The largest absolute Gasteiger partial charge is 0.395 e. The van der Waals surface area contributed by atoms with Crippen molar-refractivity contribution >= 4 is 11.5 Å². The van der Waals surface area contributed by atoms with E-state index >= 15 is 0 Å². The van der Waals surface area contributed by atoms with Crippen LogP contribution >= 0.6 is 0 Å². The van der Waals surface area contributed by atoms with E-state index in [1.807, 2.05) is 11.8 Å². The van der Waals surface area contributed by atoms with Crippen molar-refractivity contribution in [2.45, 2.75) is 44.2 Å². The zero-order valence-corrected chi connectivity index (χ0v) is 16.9. The number of pyridine rings is 1. The molecule has 2 N–H and O–H groups in total. The lowest BCUT2D eigenvalue weighted by Crippen LogP contribution is -2.65. The number of aliphatic hydroxyl groups is 1. The quantitative estimate of drug-likeness (QED) is 0.761. The predicted molar refractivity (Wildman–Crippen MR) is 115 cm³/mol. The first kappa shape index (κ1) is 19.8. The molecule has 29 heavy (non-hydrogen) atoms. The summed E-state index contributed by atoms with van der Waals surface area (Å²) in [5.74, 6) is 0.220.